The van der Waals surface area contributed by atoms with E-state index in [4.69, 9.17) is 10.8 Å². The van der Waals surface area contributed by atoms with E-state index in [0.29, 0.717) is 6.42 Å². The van der Waals surface area contributed by atoms with Gasteiger partial charge < -0.3 is 20.9 Å². The van der Waals surface area contributed by atoms with Crippen LogP contribution in [0.5, 0.6) is 5.75 Å². The Bertz CT molecular complexity index is 460. The minimum Gasteiger partial charge on any atom is -0.404 e. The molecule has 0 aromatic heterocycles. The number of halogens is 3. The fraction of sp³-hybridized carbons (Fsp3) is 0.417. The van der Waals surface area contributed by atoms with Gasteiger partial charge in [0.25, 0.3) is 0 Å². The van der Waals surface area contributed by atoms with Gasteiger partial charge in [0.2, 0.25) is 0 Å². The number of alkyl halides is 3. The number of aliphatic hydroxyl groups excluding tert-OH is 1. The zero-order chi connectivity index (χ0) is 15.2. The van der Waals surface area contributed by atoms with Crippen LogP contribution in [0.25, 0.3) is 0 Å². The van der Waals surface area contributed by atoms with Crippen LogP contribution >= 0.6 is 0 Å². The molecular weight excluding hydrogens is 275 g/mol. The van der Waals surface area contributed by atoms with Crippen LogP contribution in [0.2, 0.25) is 0 Å². The van der Waals surface area contributed by atoms with E-state index in [1.165, 1.54) is 18.2 Å². The molecule has 0 radical (unpaired) electrons. The number of ether oxygens (including phenoxy) is 1. The number of nitrogens with one attached hydrogen (secondary N) is 1. The molecular formula is C12H16F3N3O2. The zero-order valence-corrected chi connectivity index (χ0v) is 10.8. The molecule has 1 atom stereocenters. The van der Waals surface area contributed by atoms with Gasteiger partial charge in [0.1, 0.15) is 0 Å². The van der Waals surface area contributed by atoms with Crippen LogP contribution in [-0.4, -0.2) is 30.1 Å². The predicted octanol–water partition coefficient (Wildman–Crippen LogP) is 2.08. The van der Waals surface area contributed by atoms with E-state index in [2.05, 4.69) is 15.0 Å². The lowest BCUT2D eigenvalue weighted by Crippen LogP contribution is -2.27. The smallest absolute Gasteiger partial charge is 0.404 e. The number of nitrogens with zero attached hydrogens (tertiary/aromatic N) is 1. The van der Waals surface area contributed by atoms with Gasteiger partial charge in [0.05, 0.1) is 18.3 Å². The van der Waals surface area contributed by atoms with Crippen molar-refractivity contribution in [1.29, 1.82) is 0 Å². The van der Waals surface area contributed by atoms with Gasteiger partial charge in [0, 0.05) is 0 Å². The summed E-state index contributed by atoms with van der Waals surface area (Å²) in [5.74, 6) is -0.501. The lowest BCUT2D eigenvalue weighted by molar-refractivity contribution is -0.274. The van der Waals surface area contributed by atoms with Crippen LogP contribution in [0.3, 0.4) is 0 Å². The molecule has 0 heterocycles. The normalized spacial score (nSPS) is 13.9. The molecule has 0 unspecified atom stereocenters. The third-order valence-corrected chi connectivity index (χ3v) is 2.38. The van der Waals surface area contributed by atoms with Crippen molar-refractivity contribution in [3.8, 4) is 5.75 Å². The van der Waals surface area contributed by atoms with E-state index < -0.39 is 18.2 Å². The lowest BCUT2D eigenvalue weighted by atomic mass is 10.2. The monoisotopic (exact) mass is 291 g/mol. The fourth-order valence-electron chi connectivity index (χ4n) is 1.41. The average Bonchev–Trinajstić information content (AvgIpc) is 2.36. The van der Waals surface area contributed by atoms with Crippen molar-refractivity contribution >= 4 is 11.6 Å². The zero-order valence-electron chi connectivity index (χ0n) is 10.8. The van der Waals surface area contributed by atoms with Crippen molar-refractivity contribution in [2.75, 3.05) is 11.9 Å². The molecule has 0 saturated carbocycles. The minimum atomic E-state index is -4.79. The maximum Gasteiger partial charge on any atom is 0.573 e. The number of hydrogen-bond acceptors (Lipinski definition) is 3. The molecule has 1 aromatic carbocycles. The van der Waals surface area contributed by atoms with Crippen LogP contribution in [0.15, 0.2) is 29.3 Å². The van der Waals surface area contributed by atoms with Gasteiger partial charge in [0.15, 0.2) is 11.7 Å². The summed E-state index contributed by atoms with van der Waals surface area (Å²) >= 11 is 0. The van der Waals surface area contributed by atoms with Crippen molar-refractivity contribution in [3.63, 3.8) is 0 Å². The van der Waals surface area contributed by atoms with Crippen LogP contribution in [0, 0.1) is 0 Å². The quantitative estimate of drug-likeness (QED) is 0.573. The molecule has 0 bridgehead atoms. The molecule has 4 N–H and O–H groups in total. The maximum atomic E-state index is 12.2. The number of anilines is 1. The molecule has 0 aliphatic heterocycles. The minimum absolute atomic E-state index is 0.0406. The van der Waals surface area contributed by atoms with Crippen LogP contribution in [-0.2, 0) is 0 Å². The molecule has 1 aromatic rings. The topological polar surface area (TPSA) is 79.9 Å². The van der Waals surface area contributed by atoms with Crippen LogP contribution < -0.4 is 15.8 Å². The van der Waals surface area contributed by atoms with Gasteiger partial charge in [-0.1, -0.05) is 19.1 Å². The van der Waals surface area contributed by atoms with Gasteiger partial charge in [-0.25, -0.2) is 4.99 Å². The fourth-order valence-corrected chi connectivity index (χ4v) is 1.41. The van der Waals surface area contributed by atoms with Crippen LogP contribution in [0.1, 0.15) is 13.3 Å². The molecule has 5 nitrogen and oxygen atoms in total. The highest BCUT2D eigenvalue weighted by Crippen LogP contribution is 2.29. The van der Waals surface area contributed by atoms with Crippen molar-refractivity contribution in [1.82, 2.24) is 0 Å². The lowest BCUT2D eigenvalue weighted by Gasteiger charge is -2.15. The van der Waals surface area contributed by atoms with E-state index >= 15 is 0 Å². The van der Waals surface area contributed by atoms with E-state index in [0.717, 1.165) is 6.07 Å². The molecule has 1 rings (SSSR count). The second-order valence-corrected chi connectivity index (χ2v) is 3.93. The third kappa shape index (κ3) is 5.35. The number of aliphatic hydroxyl groups is 1. The summed E-state index contributed by atoms with van der Waals surface area (Å²) in [6, 6.07) is 5.07. The van der Waals surface area contributed by atoms with Gasteiger partial charge in [-0.3, -0.25) is 0 Å². The van der Waals surface area contributed by atoms with Crippen LogP contribution in [0.4, 0.5) is 18.9 Å². The van der Waals surface area contributed by atoms with E-state index in [-0.39, 0.29) is 18.3 Å². The molecule has 0 spiro atoms. The Hall–Kier alpha value is -1.96. The molecule has 0 fully saturated rings. The Morgan fingerprint density at radius 2 is 2.10 bits per heavy atom. The van der Waals surface area contributed by atoms with Crippen molar-refractivity contribution < 1.29 is 23.0 Å². The third-order valence-electron chi connectivity index (χ3n) is 2.38. The van der Waals surface area contributed by atoms with E-state index in [1.807, 2.05) is 0 Å². The average molecular weight is 291 g/mol. The number of nitrogens with two attached hydrogens (primary N) is 1. The van der Waals surface area contributed by atoms with Gasteiger partial charge >= 0.3 is 6.36 Å². The van der Waals surface area contributed by atoms with Crippen molar-refractivity contribution in [2.45, 2.75) is 25.7 Å². The first-order chi connectivity index (χ1) is 9.35. The Labute approximate surface area is 114 Å². The molecule has 112 valence electrons. The Balaban J connectivity index is 2.87. The van der Waals surface area contributed by atoms with Gasteiger partial charge in [-0.15, -0.1) is 13.2 Å². The standard InChI is InChI=1S/C12H16F3N3O2/c1-2-8(7-19)17-11(16)18-9-5-3-4-6-10(9)20-12(13,14)15/h3-6,8,19H,2,7H2,1H3,(H3,16,17,18)/t8-/m1/s1. The summed E-state index contributed by atoms with van der Waals surface area (Å²) in [5, 5.41) is 11.5. The highest BCUT2D eigenvalue weighted by molar-refractivity contribution is 5.93. The van der Waals surface area contributed by atoms with Crippen molar-refractivity contribution in [2.24, 2.45) is 10.7 Å². The number of aliphatic imine (C=N–C) groups is 1. The summed E-state index contributed by atoms with van der Waals surface area (Å²) in [6.45, 7) is 1.61. The molecule has 20 heavy (non-hydrogen) atoms. The number of rotatable bonds is 5. The first-order valence-electron chi connectivity index (χ1n) is 5.91. The maximum absolute atomic E-state index is 12.2. The number of guanidine groups is 1. The van der Waals surface area contributed by atoms with Crippen molar-refractivity contribution in [3.05, 3.63) is 24.3 Å². The number of para-hydroxylation sites is 2. The highest BCUT2D eigenvalue weighted by atomic mass is 19.4. The summed E-state index contributed by atoms with van der Waals surface area (Å²) in [4.78, 5) is 3.94. The predicted molar refractivity (Wildman–Crippen MR) is 69.5 cm³/mol. The van der Waals surface area contributed by atoms with Gasteiger partial charge in [-0.05, 0) is 18.6 Å². The SMILES string of the molecule is CC[C@H](CO)N=C(N)Nc1ccccc1OC(F)(F)F. The summed E-state index contributed by atoms with van der Waals surface area (Å²) in [5.41, 5.74) is 5.62. The Morgan fingerprint density at radius 1 is 1.45 bits per heavy atom. The first kappa shape index (κ1) is 16.1. The second kappa shape index (κ2) is 6.99. The largest absolute Gasteiger partial charge is 0.573 e. The molecule has 0 amide bonds. The van der Waals surface area contributed by atoms with Gasteiger partial charge in [-0.2, -0.15) is 0 Å². The summed E-state index contributed by atoms with van der Waals surface area (Å²) in [6.07, 6.45) is -4.24. The Morgan fingerprint density at radius 3 is 2.65 bits per heavy atom. The van der Waals surface area contributed by atoms with E-state index in [1.54, 1.807) is 6.92 Å². The summed E-state index contributed by atoms with van der Waals surface area (Å²) < 4.78 is 40.6. The Kier molecular flexibility index (Phi) is 5.63. The first-order valence-corrected chi connectivity index (χ1v) is 5.91. The summed E-state index contributed by atoms with van der Waals surface area (Å²) in [7, 11) is 0. The second-order valence-electron chi connectivity index (χ2n) is 3.93. The highest BCUT2D eigenvalue weighted by Gasteiger charge is 2.32. The molecule has 0 saturated heterocycles. The number of benzene rings is 1. The molecule has 0 aliphatic carbocycles. The number of hydrogen-bond donors (Lipinski definition) is 3. The van der Waals surface area contributed by atoms with E-state index in [9.17, 15) is 13.2 Å². The molecule has 8 heteroatoms. The molecule has 0 aliphatic rings.